The van der Waals surface area contributed by atoms with Gasteiger partial charge in [0.25, 0.3) is 0 Å². The maximum atomic E-state index is 11.1. The first-order valence-electron chi connectivity index (χ1n) is 8.66. The van der Waals surface area contributed by atoms with Gasteiger partial charge in [0, 0.05) is 12.6 Å². The summed E-state index contributed by atoms with van der Waals surface area (Å²) in [5, 5.41) is 12.7. The number of carboxylic acid groups (broad SMARTS) is 1. The molecule has 130 valence electrons. The van der Waals surface area contributed by atoms with Gasteiger partial charge in [0.15, 0.2) is 11.5 Å². The molecule has 2 aromatic rings. The summed E-state index contributed by atoms with van der Waals surface area (Å²) < 4.78 is 11.3. The summed E-state index contributed by atoms with van der Waals surface area (Å²) in [5.41, 5.74) is 2.49. The molecule has 1 aliphatic heterocycles. The van der Waals surface area contributed by atoms with E-state index in [1.165, 1.54) is 18.4 Å². The van der Waals surface area contributed by atoms with Gasteiger partial charge in [-0.1, -0.05) is 18.2 Å². The molecule has 1 fully saturated rings. The van der Waals surface area contributed by atoms with Crippen LogP contribution in [0.4, 0.5) is 0 Å². The number of hydrogen-bond donors (Lipinski definition) is 2. The Labute approximate surface area is 146 Å². The van der Waals surface area contributed by atoms with Crippen LogP contribution in [0.25, 0.3) is 0 Å². The van der Waals surface area contributed by atoms with E-state index in [2.05, 4.69) is 17.4 Å². The Morgan fingerprint density at radius 2 is 1.92 bits per heavy atom. The van der Waals surface area contributed by atoms with Gasteiger partial charge in [-0.25, -0.2) is 4.79 Å². The number of ether oxygens (including phenoxy) is 2. The minimum absolute atomic E-state index is 0.240. The first-order chi connectivity index (χ1) is 12.2. The molecule has 0 amide bonds. The van der Waals surface area contributed by atoms with Crippen molar-refractivity contribution in [3.05, 3.63) is 59.2 Å². The highest BCUT2D eigenvalue weighted by Gasteiger charge is 2.32. The van der Waals surface area contributed by atoms with Crippen LogP contribution in [-0.2, 0) is 6.54 Å². The molecular weight excluding hydrogens is 318 g/mol. The molecule has 0 spiro atoms. The number of rotatable bonds is 6. The zero-order valence-electron chi connectivity index (χ0n) is 13.9. The van der Waals surface area contributed by atoms with Crippen LogP contribution in [-0.4, -0.2) is 24.3 Å². The molecule has 1 unspecified atom stereocenters. The minimum atomic E-state index is -0.896. The van der Waals surface area contributed by atoms with E-state index in [1.807, 2.05) is 12.1 Å². The number of benzene rings is 2. The van der Waals surface area contributed by atoms with Gasteiger partial charge in [0.1, 0.15) is 13.2 Å². The zero-order chi connectivity index (χ0) is 17.2. The van der Waals surface area contributed by atoms with E-state index in [-0.39, 0.29) is 6.04 Å². The Balaban J connectivity index is 1.50. The van der Waals surface area contributed by atoms with Gasteiger partial charge in [-0.2, -0.15) is 0 Å². The Morgan fingerprint density at radius 1 is 1.12 bits per heavy atom. The lowest BCUT2D eigenvalue weighted by Gasteiger charge is -2.23. The Bertz CT molecular complexity index is 785. The molecule has 0 radical (unpaired) electrons. The number of hydrogen-bond acceptors (Lipinski definition) is 4. The summed E-state index contributed by atoms with van der Waals surface area (Å²) in [6, 6.07) is 13.5. The van der Waals surface area contributed by atoms with Crippen LogP contribution in [0.5, 0.6) is 11.5 Å². The average Bonchev–Trinajstić information content (AvgIpc) is 3.47. The fraction of sp³-hybridized carbons (Fsp3) is 0.350. The van der Waals surface area contributed by atoms with Crippen molar-refractivity contribution in [2.45, 2.75) is 25.4 Å². The smallest absolute Gasteiger partial charge is 0.335 e. The lowest BCUT2D eigenvalue weighted by atomic mass is 10.0. The minimum Gasteiger partial charge on any atom is -0.486 e. The highest BCUT2D eigenvalue weighted by atomic mass is 16.6. The first kappa shape index (κ1) is 16.0. The van der Waals surface area contributed by atoms with E-state index in [9.17, 15) is 4.79 Å². The predicted molar refractivity (Wildman–Crippen MR) is 93.1 cm³/mol. The lowest BCUT2D eigenvalue weighted by molar-refractivity contribution is 0.0696. The summed E-state index contributed by atoms with van der Waals surface area (Å²) in [4.78, 5) is 11.1. The Hall–Kier alpha value is -2.53. The van der Waals surface area contributed by atoms with E-state index in [4.69, 9.17) is 14.6 Å². The normalized spacial score (nSPS) is 17.1. The van der Waals surface area contributed by atoms with E-state index in [0.29, 0.717) is 31.2 Å². The van der Waals surface area contributed by atoms with E-state index in [1.54, 1.807) is 18.2 Å². The number of aromatic carboxylic acids is 1. The van der Waals surface area contributed by atoms with Gasteiger partial charge in [-0.3, -0.25) is 0 Å². The van der Waals surface area contributed by atoms with E-state index in [0.717, 1.165) is 17.1 Å². The van der Waals surface area contributed by atoms with Crippen molar-refractivity contribution < 1.29 is 19.4 Å². The molecule has 0 bridgehead atoms. The number of fused-ring (bicyclic) bond motifs is 1. The zero-order valence-corrected chi connectivity index (χ0v) is 13.9. The van der Waals surface area contributed by atoms with Gasteiger partial charge in [0.2, 0.25) is 0 Å². The van der Waals surface area contributed by atoms with Crippen LogP contribution in [0.3, 0.4) is 0 Å². The average molecular weight is 339 g/mol. The Morgan fingerprint density at radius 3 is 2.68 bits per heavy atom. The fourth-order valence-corrected chi connectivity index (χ4v) is 3.28. The second-order valence-electron chi connectivity index (χ2n) is 6.60. The second kappa shape index (κ2) is 6.76. The molecule has 1 saturated carbocycles. The topological polar surface area (TPSA) is 67.8 Å². The summed E-state index contributed by atoms with van der Waals surface area (Å²) in [5.74, 6) is 1.33. The van der Waals surface area contributed by atoms with Crippen molar-refractivity contribution in [3.8, 4) is 11.5 Å². The summed E-state index contributed by atoms with van der Waals surface area (Å²) in [6.07, 6.45) is 2.42. The van der Waals surface area contributed by atoms with Crippen molar-refractivity contribution >= 4 is 5.97 Å². The van der Waals surface area contributed by atoms with Crippen molar-refractivity contribution in [2.75, 3.05) is 13.2 Å². The first-order valence-corrected chi connectivity index (χ1v) is 8.66. The molecular formula is C20H21NO4. The van der Waals surface area contributed by atoms with Crippen molar-refractivity contribution in [2.24, 2.45) is 5.92 Å². The quantitative estimate of drug-likeness (QED) is 0.844. The number of carbonyl (C=O) groups is 1. The summed E-state index contributed by atoms with van der Waals surface area (Å²) in [6.45, 7) is 1.81. The van der Waals surface area contributed by atoms with Crippen LogP contribution in [0.1, 0.15) is 40.4 Å². The van der Waals surface area contributed by atoms with Gasteiger partial charge in [-0.15, -0.1) is 0 Å². The van der Waals surface area contributed by atoms with Crippen LogP contribution < -0.4 is 14.8 Å². The third kappa shape index (κ3) is 3.61. The SMILES string of the molecule is O=C(O)c1cccc(CNC(c2ccc3c(c2)OCCO3)C2CC2)c1. The molecule has 1 heterocycles. The van der Waals surface area contributed by atoms with E-state index >= 15 is 0 Å². The maximum Gasteiger partial charge on any atom is 0.335 e. The third-order valence-electron chi connectivity index (χ3n) is 4.72. The second-order valence-corrected chi connectivity index (χ2v) is 6.60. The molecule has 25 heavy (non-hydrogen) atoms. The summed E-state index contributed by atoms with van der Waals surface area (Å²) >= 11 is 0. The van der Waals surface area contributed by atoms with E-state index < -0.39 is 5.97 Å². The van der Waals surface area contributed by atoms with Crippen molar-refractivity contribution in [1.29, 1.82) is 0 Å². The molecule has 5 heteroatoms. The predicted octanol–water partition coefficient (Wildman–Crippen LogP) is 3.40. The van der Waals surface area contributed by atoms with Gasteiger partial charge in [-0.05, 0) is 54.2 Å². The third-order valence-corrected chi connectivity index (χ3v) is 4.72. The molecule has 2 aliphatic rings. The molecule has 2 N–H and O–H groups in total. The van der Waals surface area contributed by atoms with Crippen LogP contribution in [0.2, 0.25) is 0 Å². The van der Waals surface area contributed by atoms with Crippen LogP contribution >= 0.6 is 0 Å². The highest BCUT2D eigenvalue weighted by Crippen LogP contribution is 2.43. The molecule has 4 rings (SSSR count). The molecule has 0 saturated heterocycles. The van der Waals surface area contributed by atoms with Gasteiger partial charge in [0.05, 0.1) is 5.56 Å². The fourth-order valence-electron chi connectivity index (χ4n) is 3.28. The van der Waals surface area contributed by atoms with Crippen LogP contribution in [0, 0.1) is 5.92 Å². The van der Waals surface area contributed by atoms with Gasteiger partial charge >= 0.3 is 5.97 Å². The molecule has 1 atom stereocenters. The highest BCUT2D eigenvalue weighted by molar-refractivity contribution is 5.87. The van der Waals surface area contributed by atoms with Crippen LogP contribution in [0.15, 0.2) is 42.5 Å². The van der Waals surface area contributed by atoms with Crippen molar-refractivity contribution in [3.63, 3.8) is 0 Å². The molecule has 0 aromatic heterocycles. The number of nitrogens with one attached hydrogen (secondary N) is 1. The molecule has 1 aliphatic carbocycles. The Kier molecular flexibility index (Phi) is 4.32. The number of carboxylic acids is 1. The maximum absolute atomic E-state index is 11.1. The largest absolute Gasteiger partial charge is 0.486 e. The van der Waals surface area contributed by atoms with Gasteiger partial charge < -0.3 is 19.9 Å². The molecule has 2 aromatic carbocycles. The van der Waals surface area contributed by atoms with Crippen molar-refractivity contribution in [1.82, 2.24) is 5.32 Å². The summed E-state index contributed by atoms with van der Waals surface area (Å²) in [7, 11) is 0. The molecule has 5 nitrogen and oxygen atoms in total. The standard InChI is InChI=1S/C20H21NO4/c22-20(23)16-3-1-2-13(10-16)12-21-19(14-4-5-14)15-6-7-17-18(11-15)25-9-8-24-17/h1-3,6-7,10-11,14,19,21H,4-5,8-9,12H2,(H,22,23). The lowest BCUT2D eigenvalue weighted by Crippen LogP contribution is -2.23. The monoisotopic (exact) mass is 339 g/mol.